The van der Waals surface area contributed by atoms with Gasteiger partial charge >= 0.3 is 0 Å². The summed E-state index contributed by atoms with van der Waals surface area (Å²) in [6, 6.07) is 3.56. The first-order valence-corrected chi connectivity index (χ1v) is 7.35. The van der Waals surface area contributed by atoms with Crippen LogP contribution in [0.3, 0.4) is 0 Å². The van der Waals surface area contributed by atoms with E-state index in [4.69, 9.17) is 10.5 Å². The van der Waals surface area contributed by atoms with E-state index >= 15 is 0 Å². The molecule has 1 aromatic heterocycles. The second-order valence-corrected chi connectivity index (χ2v) is 5.83. The largest absolute Gasteiger partial charge is 0.374 e. The summed E-state index contributed by atoms with van der Waals surface area (Å²) < 4.78 is 6.44. The van der Waals surface area contributed by atoms with Crippen LogP contribution in [0.25, 0.3) is 0 Å². The van der Waals surface area contributed by atoms with Crippen molar-refractivity contribution in [2.24, 2.45) is 5.73 Å². The molecule has 0 aliphatic carbocycles. The summed E-state index contributed by atoms with van der Waals surface area (Å²) in [4.78, 5) is 18.1. The zero-order valence-electron chi connectivity index (χ0n) is 11.4. The van der Waals surface area contributed by atoms with E-state index in [1.165, 1.54) is 0 Å². The molecule has 1 aliphatic rings. The van der Waals surface area contributed by atoms with Crippen molar-refractivity contribution in [3.05, 3.63) is 22.8 Å². The average Bonchev–Trinajstić information content (AvgIpc) is 2.41. The maximum Gasteiger partial charge on any atom is 0.239 e. The molecule has 1 aromatic rings. The fourth-order valence-electron chi connectivity index (χ4n) is 2.03. The van der Waals surface area contributed by atoms with Gasteiger partial charge in [-0.3, -0.25) is 9.69 Å². The van der Waals surface area contributed by atoms with Crippen LogP contribution in [0, 0.1) is 0 Å². The molecule has 1 fully saturated rings. The Morgan fingerprint density at radius 2 is 2.50 bits per heavy atom. The molecule has 0 radical (unpaired) electrons. The molecule has 0 saturated carbocycles. The van der Waals surface area contributed by atoms with Gasteiger partial charge in [0.15, 0.2) is 0 Å². The van der Waals surface area contributed by atoms with E-state index in [1.807, 2.05) is 17.9 Å². The molecular formula is C13H19BrN4O2. The summed E-state index contributed by atoms with van der Waals surface area (Å²) in [6.07, 6.45) is 1.64. The molecule has 3 N–H and O–H groups in total. The highest BCUT2D eigenvalue weighted by molar-refractivity contribution is 9.10. The molecule has 2 unspecified atom stereocenters. The van der Waals surface area contributed by atoms with E-state index in [2.05, 4.69) is 26.2 Å². The predicted molar refractivity (Wildman–Crippen MR) is 80.4 cm³/mol. The number of anilines is 1. The highest BCUT2D eigenvalue weighted by atomic mass is 79.9. The zero-order chi connectivity index (χ0) is 14.5. The highest BCUT2D eigenvalue weighted by Gasteiger charge is 2.24. The summed E-state index contributed by atoms with van der Waals surface area (Å²) >= 11 is 3.30. The smallest absolute Gasteiger partial charge is 0.239 e. The number of aromatic nitrogens is 1. The van der Waals surface area contributed by atoms with Crippen molar-refractivity contribution >= 4 is 27.7 Å². The minimum absolute atomic E-state index is 0.0117. The summed E-state index contributed by atoms with van der Waals surface area (Å²) in [5, 5.41) is 2.78. The molecular weight excluding hydrogens is 324 g/mol. The summed E-state index contributed by atoms with van der Waals surface area (Å²) in [5.41, 5.74) is 5.83. The van der Waals surface area contributed by atoms with Crippen molar-refractivity contribution in [1.82, 2.24) is 9.88 Å². The number of hydrogen-bond acceptors (Lipinski definition) is 5. The predicted octanol–water partition coefficient (Wildman–Crippen LogP) is 0.831. The Morgan fingerprint density at radius 3 is 3.15 bits per heavy atom. The standard InChI is InChI=1S/C13H19BrN4O2/c1-9(15)11-7-18(4-5-20-11)8-13(19)17-12-3-2-10(14)6-16-12/h2-3,6,9,11H,4-5,7-8,15H2,1H3,(H,16,17,19). The van der Waals surface area contributed by atoms with E-state index in [0.29, 0.717) is 25.5 Å². The maximum absolute atomic E-state index is 12.0. The summed E-state index contributed by atoms with van der Waals surface area (Å²) in [6.45, 7) is 4.27. The van der Waals surface area contributed by atoms with Crippen LogP contribution < -0.4 is 11.1 Å². The number of amides is 1. The van der Waals surface area contributed by atoms with Crippen molar-refractivity contribution < 1.29 is 9.53 Å². The number of pyridine rings is 1. The number of carbonyl (C=O) groups excluding carboxylic acids is 1. The van der Waals surface area contributed by atoms with Crippen molar-refractivity contribution in [2.75, 3.05) is 31.6 Å². The number of morpholine rings is 1. The third-order valence-corrected chi connectivity index (χ3v) is 3.60. The summed E-state index contributed by atoms with van der Waals surface area (Å²) in [7, 11) is 0. The Hall–Kier alpha value is -1.02. The Morgan fingerprint density at radius 1 is 1.70 bits per heavy atom. The molecule has 20 heavy (non-hydrogen) atoms. The van der Waals surface area contributed by atoms with Crippen molar-refractivity contribution in [3.63, 3.8) is 0 Å². The summed E-state index contributed by atoms with van der Waals surface area (Å²) in [5.74, 6) is 0.473. The number of ether oxygens (including phenoxy) is 1. The molecule has 2 rings (SSSR count). The van der Waals surface area contributed by atoms with Gasteiger partial charge < -0.3 is 15.8 Å². The fraction of sp³-hybridized carbons (Fsp3) is 0.538. The number of hydrogen-bond donors (Lipinski definition) is 2. The van der Waals surface area contributed by atoms with Crippen LogP contribution >= 0.6 is 15.9 Å². The molecule has 1 aliphatic heterocycles. The van der Waals surface area contributed by atoms with E-state index in [9.17, 15) is 4.79 Å². The lowest BCUT2D eigenvalue weighted by molar-refractivity contribution is -0.119. The second kappa shape index (κ2) is 7.12. The molecule has 1 saturated heterocycles. The number of nitrogens with two attached hydrogens (primary N) is 1. The molecule has 6 nitrogen and oxygen atoms in total. The zero-order valence-corrected chi connectivity index (χ0v) is 13.0. The molecule has 2 atom stereocenters. The minimum Gasteiger partial charge on any atom is -0.374 e. The third kappa shape index (κ3) is 4.52. The van der Waals surface area contributed by atoms with Gasteiger partial charge in [0.1, 0.15) is 5.82 Å². The van der Waals surface area contributed by atoms with Gasteiger partial charge in [-0.05, 0) is 35.0 Å². The molecule has 2 heterocycles. The van der Waals surface area contributed by atoms with Gasteiger partial charge in [0, 0.05) is 29.8 Å². The van der Waals surface area contributed by atoms with Crippen LogP contribution in [0.2, 0.25) is 0 Å². The Labute approximate surface area is 126 Å². The van der Waals surface area contributed by atoms with E-state index in [-0.39, 0.29) is 18.1 Å². The maximum atomic E-state index is 12.0. The average molecular weight is 343 g/mol. The number of nitrogens with one attached hydrogen (secondary N) is 1. The topological polar surface area (TPSA) is 80.5 Å². The van der Waals surface area contributed by atoms with Crippen LogP contribution in [0.5, 0.6) is 0 Å². The van der Waals surface area contributed by atoms with Crippen LogP contribution in [0.1, 0.15) is 6.92 Å². The van der Waals surface area contributed by atoms with Crippen LogP contribution in [-0.2, 0) is 9.53 Å². The fourth-order valence-corrected chi connectivity index (χ4v) is 2.26. The third-order valence-electron chi connectivity index (χ3n) is 3.13. The van der Waals surface area contributed by atoms with Crippen molar-refractivity contribution in [3.8, 4) is 0 Å². The molecule has 0 aromatic carbocycles. The Kier molecular flexibility index (Phi) is 5.47. The molecule has 1 amide bonds. The van der Waals surface area contributed by atoms with Gasteiger partial charge in [-0.15, -0.1) is 0 Å². The van der Waals surface area contributed by atoms with Crippen molar-refractivity contribution in [2.45, 2.75) is 19.1 Å². The molecule has 7 heteroatoms. The van der Waals surface area contributed by atoms with Gasteiger partial charge in [-0.25, -0.2) is 4.98 Å². The Balaban J connectivity index is 1.83. The number of halogens is 1. The minimum atomic E-state index is -0.0786. The molecule has 0 spiro atoms. The lowest BCUT2D eigenvalue weighted by Gasteiger charge is -2.34. The van der Waals surface area contributed by atoms with E-state index < -0.39 is 0 Å². The monoisotopic (exact) mass is 342 g/mol. The number of carbonyl (C=O) groups is 1. The quantitative estimate of drug-likeness (QED) is 0.847. The van der Waals surface area contributed by atoms with Crippen LogP contribution in [-0.4, -0.2) is 54.2 Å². The molecule has 110 valence electrons. The van der Waals surface area contributed by atoms with Gasteiger partial charge in [0.25, 0.3) is 0 Å². The normalized spacial score (nSPS) is 21.4. The Bertz CT molecular complexity index is 452. The first-order chi connectivity index (χ1) is 9.54. The van der Waals surface area contributed by atoms with Gasteiger partial charge in [0.2, 0.25) is 5.91 Å². The van der Waals surface area contributed by atoms with Crippen LogP contribution in [0.4, 0.5) is 5.82 Å². The van der Waals surface area contributed by atoms with Gasteiger partial charge in [0.05, 0.1) is 19.3 Å². The van der Waals surface area contributed by atoms with Gasteiger partial charge in [-0.2, -0.15) is 0 Å². The van der Waals surface area contributed by atoms with Crippen molar-refractivity contribution in [1.29, 1.82) is 0 Å². The lowest BCUT2D eigenvalue weighted by atomic mass is 10.1. The lowest BCUT2D eigenvalue weighted by Crippen LogP contribution is -2.51. The first kappa shape index (κ1) is 15.4. The first-order valence-electron chi connectivity index (χ1n) is 6.55. The number of rotatable bonds is 4. The van der Waals surface area contributed by atoms with E-state index in [0.717, 1.165) is 11.0 Å². The van der Waals surface area contributed by atoms with Crippen LogP contribution in [0.15, 0.2) is 22.8 Å². The van der Waals surface area contributed by atoms with Gasteiger partial charge in [-0.1, -0.05) is 0 Å². The second-order valence-electron chi connectivity index (χ2n) is 4.91. The van der Waals surface area contributed by atoms with E-state index in [1.54, 1.807) is 12.3 Å². The highest BCUT2D eigenvalue weighted by Crippen LogP contribution is 2.11. The molecule has 0 bridgehead atoms. The number of nitrogens with zero attached hydrogens (tertiary/aromatic N) is 2. The SMILES string of the molecule is CC(N)C1CN(CC(=O)Nc2ccc(Br)cn2)CCO1.